The zero-order valence-electron chi connectivity index (χ0n) is 13.0. The van der Waals surface area contributed by atoms with E-state index in [1.807, 2.05) is 30.3 Å². The summed E-state index contributed by atoms with van der Waals surface area (Å²) in [6.45, 7) is 3.90. The minimum atomic E-state index is -2.21. The van der Waals surface area contributed by atoms with Crippen molar-refractivity contribution in [1.82, 2.24) is 0 Å². The third kappa shape index (κ3) is 2.42. The average molecular weight is 310 g/mol. The highest BCUT2D eigenvalue weighted by atomic mass is 16.6. The lowest BCUT2D eigenvalue weighted by Gasteiger charge is -2.16. The smallest absolute Gasteiger partial charge is 0.230 e. The monoisotopic (exact) mass is 310 g/mol. The number of nitrogens with two attached hydrogens (primary N) is 1. The lowest BCUT2D eigenvalue weighted by Crippen LogP contribution is -2.27. The molecule has 0 atom stereocenters. The van der Waals surface area contributed by atoms with E-state index in [9.17, 15) is 15.5 Å². The third-order valence-electron chi connectivity index (χ3n) is 4.13. The van der Waals surface area contributed by atoms with Crippen molar-refractivity contribution in [1.29, 1.82) is 5.26 Å². The van der Waals surface area contributed by atoms with Crippen molar-refractivity contribution in [2.75, 3.05) is 12.3 Å². The van der Waals surface area contributed by atoms with Crippen LogP contribution in [-0.4, -0.2) is 16.8 Å². The molecule has 0 bridgehead atoms. The number of hydrogen-bond acceptors (Lipinski definition) is 5. The standard InChI is InChI=1S/C18H18N2O3/c1-10(2)11-3-5-12(6-4-11)13-7-15(20)14(8-19)16-17(13)23-9-18(16,21)22/h3-7,10,21-22H,9,20H2,1-2H3. The minimum absolute atomic E-state index is 0.0444. The topological polar surface area (TPSA) is 99.5 Å². The maximum atomic E-state index is 10.1. The van der Waals surface area contributed by atoms with Gasteiger partial charge in [-0.3, -0.25) is 0 Å². The number of fused-ring (bicyclic) bond motifs is 1. The van der Waals surface area contributed by atoms with Gasteiger partial charge in [0.15, 0.2) is 0 Å². The Kier molecular flexibility index (Phi) is 3.52. The number of anilines is 1. The van der Waals surface area contributed by atoms with Gasteiger partial charge in [-0.25, -0.2) is 0 Å². The number of nitrogens with zero attached hydrogens (tertiary/aromatic N) is 1. The maximum Gasteiger partial charge on any atom is 0.230 e. The van der Waals surface area contributed by atoms with Crippen LogP contribution in [0.25, 0.3) is 11.1 Å². The van der Waals surface area contributed by atoms with Gasteiger partial charge < -0.3 is 20.7 Å². The second-order valence-electron chi connectivity index (χ2n) is 6.09. The normalized spacial score (nSPS) is 15.1. The minimum Gasteiger partial charge on any atom is -0.486 e. The second-order valence-corrected chi connectivity index (χ2v) is 6.09. The van der Waals surface area contributed by atoms with Crippen molar-refractivity contribution >= 4 is 5.69 Å². The van der Waals surface area contributed by atoms with Gasteiger partial charge in [-0.1, -0.05) is 38.1 Å². The van der Waals surface area contributed by atoms with E-state index in [4.69, 9.17) is 10.5 Å². The second kappa shape index (κ2) is 5.27. The molecule has 1 aliphatic rings. The summed E-state index contributed by atoms with van der Waals surface area (Å²) < 4.78 is 5.47. The first-order valence-electron chi connectivity index (χ1n) is 7.40. The fourth-order valence-corrected chi connectivity index (χ4v) is 2.85. The Balaban J connectivity index is 2.21. The van der Waals surface area contributed by atoms with E-state index >= 15 is 0 Å². The van der Waals surface area contributed by atoms with Gasteiger partial charge in [0.05, 0.1) is 16.8 Å². The van der Waals surface area contributed by atoms with E-state index in [2.05, 4.69) is 13.8 Å². The van der Waals surface area contributed by atoms with E-state index < -0.39 is 5.79 Å². The van der Waals surface area contributed by atoms with Crippen molar-refractivity contribution in [3.63, 3.8) is 0 Å². The van der Waals surface area contributed by atoms with Crippen LogP contribution >= 0.6 is 0 Å². The summed E-state index contributed by atoms with van der Waals surface area (Å²) in [5.74, 6) is -1.49. The van der Waals surface area contributed by atoms with Crippen LogP contribution < -0.4 is 10.5 Å². The molecule has 1 aliphatic heterocycles. The molecule has 2 aromatic carbocycles. The molecule has 0 radical (unpaired) electrons. The maximum absolute atomic E-state index is 10.1. The van der Waals surface area contributed by atoms with Crippen molar-refractivity contribution in [3.05, 3.63) is 47.0 Å². The number of nitrogen functional groups attached to an aromatic ring is 1. The summed E-state index contributed by atoms with van der Waals surface area (Å²) in [5, 5.41) is 29.5. The zero-order valence-corrected chi connectivity index (χ0v) is 13.0. The summed E-state index contributed by atoms with van der Waals surface area (Å²) in [4.78, 5) is 0. The average Bonchev–Trinajstić information content (AvgIpc) is 2.83. The van der Waals surface area contributed by atoms with Gasteiger partial charge in [-0.15, -0.1) is 0 Å². The zero-order chi connectivity index (χ0) is 16.8. The van der Waals surface area contributed by atoms with Crippen LogP contribution in [0.1, 0.15) is 36.5 Å². The first-order valence-corrected chi connectivity index (χ1v) is 7.40. The van der Waals surface area contributed by atoms with Gasteiger partial charge >= 0.3 is 0 Å². The molecule has 0 unspecified atom stereocenters. The van der Waals surface area contributed by atoms with Crippen molar-refractivity contribution in [3.8, 4) is 22.9 Å². The molecule has 4 N–H and O–H groups in total. The molecule has 2 aromatic rings. The van der Waals surface area contributed by atoms with E-state index in [0.29, 0.717) is 17.2 Å². The molecule has 0 saturated heterocycles. The first kappa shape index (κ1) is 15.3. The molecule has 0 saturated carbocycles. The highest BCUT2D eigenvalue weighted by molar-refractivity contribution is 5.81. The molecule has 1 heterocycles. The van der Waals surface area contributed by atoms with Crippen LogP contribution in [0.4, 0.5) is 5.69 Å². The molecule has 0 spiro atoms. The Bertz CT molecular complexity index is 802. The van der Waals surface area contributed by atoms with Gasteiger partial charge in [-0.2, -0.15) is 5.26 Å². The van der Waals surface area contributed by atoms with Crippen LogP contribution in [-0.2, 0) is 5.79 Å². The van der Waals surface area contributed by atoms with E-state index in [0.717, 1.165) is 5.56 Å². The number of ether oxygens (including phenoxy) is 1. The Morgan fingerprint density at radius 1 is 1.26 bits per heavy atom. The van der Waals surface area contributed by atoms with Crippen molar-refractivity contribution in [2.24, 2.45) is 0 Å². The van der Waals surface area contributed by atoms with Crippen molar-refractivity contribution < 1.29 is 14.9 Å². The fourth-order valence-electron chi connectivity index (χ4n) is 2.85. The summed E-state index contributed by atoms with van der Waals surface area (Å²) in [7, 11) is 0. The van der Waals surface area contributed by atoms with Crippen LogP contribution in [0, 0.1) is 11.3 Å². The van der Waals surface area contributed by atoms with Gasteiger partial charge in [0, 0.05) is 5.56 Å². The van der Waals surface area contributed by atoms with E-state index in [1.54, 1.807) is 6.07 Å². The molecule has 3 rings (SSSR count). The molecule has 0 amide bonds. The number of benzene rings is 2. The van der Waals surface area contributed by atoms with Crippen LogP contribution in [0.5, 0.6) is 5.75 Å². The summed E-state index contributed by atoms with van der Waals surface area (Å²) >= 11 is 0. The molecular formula is C18H18N2O3. The van der Waals surface area contributed by atoms with Crippen LogP contribution in [0.2, 0.25) is 0 Å². The lowest BCUT2D eigenvalue weighted by molar-refractivity contribution is -0.173. The number of rotatable bonds is 2. The molecular weight excluding hydrogens is 292 g/mol. The van der Waals surface area contributed by atoms with Gasteiger partial charge in [0.1, 0.15) is 18.4 Å². The number of nitriles is 1. The van der Waals surface area contributed by atoms with Crippen LogP contribution in [0.15, 0.2) is 30.3 Å². The van der Waals surface area contributed by atoms with Crippen molar-refractivity contribution in [2.45, 2.75) is 25.6 Å². The highest BCUT2D eigenvalue weighted by Gasteiger charge is 2.42. The molecule has 5 nitrogen and oxygen atoms in total. The molecule has 23 heavy (non-hydrogen) atoms. The molecule has 0 aliphatic carbocycles. The SMILES string of the molecule is CC(C)c1ccc(-c2cc(N)c(C#N)c3c2OCC3(O)O)cc1. The Hall–Kier alpha value is -2.55. The molecule has 118 valence electrons. The van der Waals surface area contributed by atoms with E-state index in [1.165, 1.54) is 5.56 Å². The number of hydrogen-bond donors (Lipinski definition) is 3. The molecule has 0 fully saturated rings. The summed E-state index contributed by atoms with van der Waals surface area (Å²) in [6, 6.07) is 11.5. The predicted octanol–water partition coefficient (Wildman–Crippen LogP) is 2.46. The Morgan fingerprint density at radius 2 is 1.91 bits per heavy atom. The number of aliphatic hydroxyl groups is 2. The first-order chi connectivity index (χ1) is 10.8. The van der Waals surface area contributed by atoms with Gasteiger partial charge in [-0.05, 0) is 23.1 Å². The highest BCUT2D eigenvalue weighted by Crippen LogP contribution is 2.46. The molecule has 5 heteroatoms. The van der Waals surface area contributed by atoms with Gasteiger partial charge in [0.25, 0.3) is 0 Å². The largest absolute Gasteiger partial charge is 0.486 e. The van der Waals surface area contributed by atoms with Gasteiger partial charge in [0.2, 0.25) is 5.79 Å². The third-order valence-corrected chi connectivity index (χ3v) is 4.13. The Morgan fingerprint density at radius 3 is 2.48 bits per heavy atom. The van der Waals surface area contributed by atoms with E-state index in [-0.39, 0.29) is 23.4 Å². The molecule has 0 aromatic heterocycles. The lowest BCUT2D eigenvalue weighted by atomic mass is 9.92. The summed E-state index contributed by atoms with van der Waals surface area (Å²) in [6.07, 6.45) is 0. The van der Waals surface area contributed by atoms with Crippen LogP contribution in [0.3, 0.4) is 0 Å². The fraction of sp³-hybridized carbons (Fsp3) is 0.278. The Labute approximate surface area is 134 Å². The predicted molar refractivity (Wildman–Crippen MR) is 86.7 cm³/mol. The summed E-state index contributed by atoms with van der Waals surface area (Å²) in [5.41, 5.74) is 8.93. The quantitative estimate of drug-likeness (QED) is 0.584.